The maximum atomic E-state index is 13.2. The third kappa shape index (κ3) is 5.47. The van der Waals surface area contributed by atoms with Crippen molar-refractivity contribution < 1.29 is 18.0 Å². The number of halogens is 3. The lowest BCUT2D eigenvalue weighted by Gasteiger charge is -2.35. The van der Waals surface area contributed by atoms with Crippen molar-refractivity contribution >= 4 is 28.6 Å². The molecule has 6 N–H and O–H groups in total. The van der Waals surface area contributed by atoms with Crippen LogP contribution in [-0.2, 0) is 11.0 Å². The Kier molecular flexibility index (Phi) is 6.84. The van der Waals surface area contributed by atoms with Gasteiger partial charge >= 0.3 is 6.18 Å². The number of H-pyrrole nitrogens is 1. The van der Waals surface area contributed by atoms with E-state index in [2.05, 4.69) is 25.3 Å². The molecule has 3 aromatic rings. The Morgan fingerprint density at radius 3 is 2.63 bits per heavy atom. The van der Waals surface area contributed by atoms with Gasteiger partial charge in [-0.1, -0.05) is 0 Å². The predicted molar refractivity (Wildman–Crippen MR) is 127 cm³/mol. The predicted octanol–water partition coefficient (Wildman–Crippen LogP) is 3.40. The van der Waals surface area contributed by atoms with Gasteiger partial charge in [-0.2, -0.15) is 13.2 Å². The number of pyridine rings is 1. The number of fused-ring (bicyclic) bond motifs is 1. The Labute approximate surface area is 200 Å². The van der Waals surface area contributed by atoms with Gasteiger partial charge in [-0.15, -0.1) is 0 Å². The molecule has 0 spiro atoms. The third-order valence-corrected chi connectivity index (χ3v) is 6.38. The summed E-state index contributed by atoms with van der Waals surface area (Å²) >= 11 is 0. The topological polar surface area (TPSA) is 139 Å². The summed E-state index contributed by atoms with van der Waals surface area (Å²) in [5, 5.41) is 3.57. The highest BCUT2D eigenvalue weighted by atomic mass is 19.4. The number of piperidine rings is 1. The van der Waals surface area contributed by atoms with Crippen molar-refractivity contribution in [3.8, 4) is 11.3 Å². The molecule has 0 aliphatic carbocycles. The molecule has 4 heterocycles. The lowest BCUT2D eigenvalue weighted by Crippen LogP contribution is -2.43. The molecule has 0 radical (unpaired) electrons. The number of likely N-dealkylation sites (tertiary alicyclic amines) is 1. The summed E-state index contributed by atoms with van der Waals surface area (Å²) in [6, 6.07) is 0.885. The highest BCUT2D eigenvalue weighted by molar-refractivity contribution is 5.95. The van der Waals surface area contributed by atoms with Crippen LogP contribution in [0.1, 0.15) is 38.7 Å². The fourth-order valence-electron chi connectivity index (χ4n) is 4.41. The Balaban J connectivity index is 1.49. The molecule has 3 aromatic heterocycles. The molecule has 188 valence electrons. The number of anilines is 2. The first-order valence-corrected chi connectivity index (χ1v) is 11.5. The largest absolute Gasteiger partial charge is 0.417 e. The van der Waals surface area contributed by atoms with Gasteiger partial charge in [0.05, 0.1) is 17.4 Å². The minimum atomic E-state index is -4.52. The van der Waals surface area contributed by atoms with Gasteiger partial charge in [-0.05, 0) is 38.7 Å². The van der Waals surface area contributed by atoms with E-state index in [0.29, 0.717) is 48.3 Å². The smallest absolute Gasteiger partial charge is 0.396 e. The van der Waals surface area contributed by atoms with Crippen LogP contribution in [0.25, 0.3) is 22.3 Å². The third-order valence-electron chi connectivity index (χ3n) is 6.38. The number of alkyl halides is 3. The number of rotatable bonds is 6. The van der Waals surface area contributed by atoms with Crippen molar-refractivity contribution in [3.05, 3.63) is 30.2 Å². The van der Waals surface area contributed by atoms with Gasteiger partial charge in [-0.3, -0.25) is 4.79 Å². The molecule has 1 amide bonds. The summed E-state index contributed by atoms with van der Waals surface area (Å²) in [6.07, 6.45) is 1.25. The number of hydrogen-bond donors (Lipinski definition) is 4. The van der Waals surface area contributed by atoms with Crippen molar-refractivity contribution in [3.63, 3.8) is 0 Å². The highest BCUT2D eigenvalue weighted by Crippen LogP contribution is 2.35. The molecule has 0 aromatic carbocycles. The van der Waals surface area contributed by atoms with Crippen LogP contribution < -0.4 is 16.8 Å². The Hall–Kier alpha value is -3.41. The number of nitrogens with two attached hydrogens (primary N) is 2. The first-order valence-electron chi connectivity index (χ1n) is 11.5. The van der Waals surface area contributed by atoms with E-state index in [1.807, 2.05) is 18.7 Å². The number of hydrogen-bond acceptors (Lipinski definition) is 7. The molecule has 1 aliphatic heterocycles. The summed E-state index contributed by atoms with van der Waals surface area (Å²) in [7, 11) is 0. The molecule has 0 unspecified atom stereocenters. The maximum Gasteiger partial charge on any atom is 0.417 e. The van der Waals surface area contributed by atoms with Crippen molar-refractivity contribution in [2.45, 2.75) is 51.4 Å². The molecule has 1 fully saturated rings. The number of carbonyl (C=O) groups is 1. The van der Waals surface area contributed by atoms with Crippen LogP contribution >= 0.6 is 0 Å². The van der Waals surface area contributed by atoms with E-state index in [9.17, 15) is 18.0 Å². The van der Waals surface area contributed by atoms with Crippen LogP contribution in [0.2, 0.25) is 0 Å². The number of amides is 1. The van der Waals surface area contributed by atoms with E-state index in [-0.39, 0.29) is 29.1 Å². The minimum Gasteiger partial charge on any atom is -0.396 e. The molecule has 0 saturated carbocycles. The zero-order valence-corrected chi connectivity index (χ0v) is 19.6. The second-order valence-electron chi connectivity index (χ2n) is 9.15. The van der Waals surface area contributed by atoms with Crippen molar-refractivity contribution in [2.75, 3.05) is 24.1 Å². The number of nitrogen functional groups attached to an aromatic ring is 1. The zero-order valence-electron chi connectivity index (χ0n) is 19.6. The fourth-order valence-corrected chi connectivity index (χ4v) is 4.41. The molecule has 0 bridgehead atoms. The number of carbonyl (C=O) groups excluding carboxylic acids is 1. The molecule has 1 saturated heterocycles. The van der Waals surface area contributed by atoms with Crippen molar-refractivity contribution in [2.24, 2.45) is 11.7 Å². The van der Waals surface area contributed by atoms with Gasteiger partial charge in [0.15, 0.2) is 0 Å². The molecule has 4 rings (SSSR count). The van der Waals surface area contributed by atoms with E-state index in [1.54, 1.807) is 6.20 Å². The number of aromatic amines is 1. The van der Waals surface area contributed by atoms with Crippen LogP contribution in [0, 0.1) is 5.92 Å². The monoisotopic (exact) mass is 490 g/mol. The van der Waals surface area contributed by atoms with Crippen molar-refractivity contribution in [1.82, 2.24) is 24.8 Å². The summed E-state index contributed by atoms with van der Waals surface area (Å²) < 4.78 is 39.6. The van der Waals surface area contributed by atoms with E-state index in [1.165, 1.54) is 6.20 Å². The van der Waals surface area contributed by atoms with Crippen LogP contribution in [-0.4, -0.2) is 55.9 Å². The summed E-state index contributed by atoms with van der Waals surface area (Å²) in [5.74, 6) is 0.699. The highest BCUT2D eigenvalue weighted by Gasteiger charge is 2.32. The average molecular weight is 491 g/mol. The Morgan fingerprint density at radius 1 is 1.26 bits per heavy atom. The van der Waals surface area contributed by atoms with Gasteiger partial charge < -0.3 is 26.7 Å². The van der Waals surface area contributed by atoms with E-state index in [4.69, 9.17) is 11.5 Å². The van der Waals surface area contributed by atoms with Crippen LogP contribution in [0.5, 0.6) is 0 Å². The summed E-state index contributed by atoms with van der Waals surface area (Å²) in [6.45, 7) is 5.17. The second kappa shape index (κ2) is 9.68. The van der Waals surface area contributed by atoms with E-state index in [0.717, 1.165) is 25.1 Å². The fraction of sp³-hybridized carbons (Fsp3) is 0.478. The molecule has 2 atom stereocenters. The molecular weight excluding hydrogens is 461 g/mol. The Bertz CT molecular complexity index is 1200. The average Bonchev–Trinajstić information content (AvgIpc) is 3.22. The second-order valence-corrected chi connectivity index (χ2v) is 9.15. The molecule has 9 nitrogen and oxygen atoms in total. The van der Waals surface area contributed by atoms with Crippen LogP contribution in [0.15, 0.2) is 24.7 Å². The lowest BCUT2D eigenvalue weighted by molar-refractivity contribution is -0.137. The summed E-state index contributed by atoms with van der Waals surface area (Å²) in [5.41, 5.74) is 12.3. The number of aromatic nitrogens is 4. The molecule has 35 heavy (non-hydrogen) atoms. The van der Waals surface area contributed by atoms with Gasteiger partial charge in [0.25, 0.3) is 0 Å². The van der Waals surface area contributed by atoms with Gasteiger partial charge in [-0.25, -0.2) is 15.0 Å². The normalized spacial score (nSPS) is 16.9. The standard InChI is InChI=1S/C23H29F3N8O/c1-12(27)7-19(35)34-5-3-14(4-6-34)13(2)32-22-31-11-18(28)20(33-22)17-10-30-21-16(17)8-15(9-29-21)23(24,25)26/h8-14H,3-7,27-28H2,1-2H3,(H,29,30)(H,31,32,33)/t12-,13+/m0/s1. The van der Waals surface area contributed by atoms with Gasteiger partial charge in [0, 0.05) is 54.9 Å². The lowest BCUT2D eigenvalue weighted by atomic mass is 9.90. The van der Waals surface area contributed by atoms with E-state index >= 15 is 0 Å². The number of nitrogens with one attached hydrogen (secondary N) is 2. The first kappa shape index (κ1) is 24.7. The SMILES string of the molecule is C[C@H](N)CC(=O)N1CCC([C@@H](C)Nc2ncc(N)c(-c3c[nH]c4ncc(C(F)(F)F)cc34)n2)CC1. The first-order chi connectivity index (χ1) is 16.5. The number of nitrogens with zero attached hydrogens (tertiary/aromatic N) is 4. The molecule has 12 heteroatoms. The summed E-state index contributed by atoms with van der Waals surface area (Å²) in [4.78, 5) is 29.6. The quantitative estimate of drug-likeness (QED) is 0.415. The van der Waals surface area contributed by atoms with E-state index < -0.39 is 11.7 Å². The van der Waals surface area contributed by atoms with Crippen molar-refractivity contribution in [1.29, 1.82) is 0 Å². The Morgan fingerprint density at radius 2 is 1.97 bits per heavy atom. The minimum absolute atomic E-state index is 0.0126. The van der Waals surface area contributed by atoms with Gasteiger partial charge in [0.2, 0.25) is 11.9 Å². The zero-order chi connectivity index (χ0) is 25.3. The molecule has 1 aliphatic rings. The molecular formula is C23H29F3N8O. The van der Waals surface area contributed by atoms with Crippen LogP contribution in [0.3, 0.4) is 0 Å². The maximum absolute atomic E-state index is 13.2. The van der Waals surface area contributed by atoms with Gasteiger partial charge in [0.1, 0.15) is 11.3 Å². The van der Waals surface area contributed by atoms with Crippen LogP contribution in [0.4, 0.5) is 24.8 Å².